The Kier molecular flexibility index (Phi) is 3.46. The van der Waals surface area contributed by atoms with Gasteiger partial charge in [-0.2, -0.15) is 4.98 Å². The van der Waals surface area contributed by atoms with Crippen molar-refractivity contribution < 1.29 is 18.4 Å². The Hall–Kier alpha value is -2.44. The lowest BCUT2D eigenvalue weighted by molar-refractivity contribution is -0.154. The van der Waals surface area contributed by atoms with E-state index in [4.69, 9.17) is 18.4 Å². The van der Waals surface area contributed by atoms with Gasteiger partial charge in [-0.15, -0.1) is 0 Å². The SMILES string of the molecule is c1ccc([C@H]2OCCO[C@H]2c2nc(-c3ccco3)no2)cc1. The zero-order chi connectivity index (χ0) is 14.8. The summed E-state index contributed by atoms with van der Waals surface area (Å²) in [6.07, 6.45) is 0.880. The molecule has 0 bridgehead atoms. The van der Waals surface area contributed by atoms with Crippen LogP contribution in [0.1, 0.15) is 23.7 Å². The molecule has 6 nitrogen and oxygen atoms in total. The first-order valence-corrected chi connectivity index (χ1v) is 7.07. The fourth-order valence-electron chi connectivity index (χ4n) is 2.50. The maximum Gasteiger partial charge on any atom is 0.259 e. The van der Waals surface area contributed by atoms with E-state index in [1.54, 1.807) is 18.4 Å². The molecule has 1 saturated heterocycles. The second-order valence-corrected chi connectivity index (χ2v) is 4.93. The number of ether oxygens (including phenoxy) is 2. The number of benzene rings is 1. The molecule has 0 amide bonds. The predicted molar refractivity (Wildman–Crippen MR) is 75.8 cm³/mol. The topological polar surface area (TPSA) is 70.5 Å². The molecule has 3 heterocycles. The number of nitrogens with zero attached hydrogens (tertiary/aromatic N) is 2. The van der Waals surface area contributed by atoms with E-state index in [-0.39, 0.29) is 6.10 Å². The first-order valence-electron chi connectivity index (χ1n) is 7.07. The van der Waals surface area contributed by atoms with Gasteiger partial charge in [-0.25, -0.2) is 0 Å². The van der Waals surface area contributed by atoms with Crippen molar-refractivity contribution in [2.45, 2.75) is 12.2 Å². The van der Waals surface area contributed by atoms with E-state index >= 15 is 0 Å². The van der Waals surface area contributed by atoms with Crippen LogP contribution >= 0.6 is 0 Å². The van der Waals surface area contributed by atoms with Gasteiger partial charge in [0.1, 0.15) is 6.10 Å². The van der Waals surface area contributed by atoms with Gasteiger partial charge in [0.05, 0.1) is 19.5 Å². The molecule has 0 spiro atoms. The number of aromatic nitrogens is 2. The molecule has 112 valence electrons. The van der Waals surface area contributed by atoms with Crippen molar-refractivity contribution in [3.05, 3.63) is 60.2 Å². The van der Waals surface area contributed by atoms with Gasteiger partial charge in [0, 0.05) is 0 Å². The molecule has 1 aliphatic rings. The lowest BCUT2D eigenvalue weighted by atomic mass is 10.0. The Morgan fingerprint density at radius 1 is 0.909 bits per heavy atom. The van der Waals surface area contributed by atoms with E-state index in [0.29, 0.717) is 30.7 Å². The molecule has 2 aromatic heterocycles. The summed E-state index contributed by atoms with van der Waals surface area (Å²) in [4.78, 5) is 4.38. The molecule has 22 heavy (non-hydrogen) atoms. The van der Waals surface area contributed by atoms with Gasteiger partial charge < -0.3 is 18.4 Å². The smallest absolute Gasteiger partial charge is 0.259 e. The first-order chi connectivity index (χ1) is 10.9. The van der Waals surface area contributed by atoms with Crippen molar-refractivity contribution in [2.24, 2.45) is 0 Å². The molecule has 4 rings (SSSR count). The quantitative estimate of drug-likeness (QED) is 0.739. The second kappa shape index (κ2) is 5.75. The van der Waals surface area contributed by atoms with Gasteiger partial charge in [-0.3, -0.25) is 0 Å². The van der Waals surface area contributed by atoms with Crippen molar-refractivity contribution in [3.8, 4) is 11.6 Å². The van der Waals surface area contributed by atoms with Crippen molar-refractivity contribution in [1.82, 2.24) is 10.1 Å². The number of furan rings is 1. The van der Waals surface area contributed by atoms with Gasteiger partial charge in [0.25, 0.3) is 5.89 Å². The van der Waals surface area contributed by atoms with Crippen molar-refractivity contribution in [1.29, 1.82) is 0 Å². The maximum atomic E-state index is 5.85. The molecular weight excluding hydrogens is 284 g/mol. The molecule has 0 unspecified atom stereocenters. The van der Waals surface area contributed by atoms with Gasteiger partial charge in [0.2, 0.25) is 5.82 Å². The van der Waals surface area contributed by atoms with Crippen LogP contribution in [0.15, 0.2) is 57.7 Å². The highest BCUT2D eigenvalue weighted by Gasteiger charge is 2.34. The average Bonchev–Trinajstić information content (AvgIpc) is 3.27. The minimum absolute atomic E-state index is 0.264. The molecular formula is C16H14N2O4. The Morgan fingerprint density at radius 2 is 1.73 bits per heavy atom. The summed E-state index contributed by atoms with van der Waals surface area (Å²) in [5, 5.41) is 3.95. The van der Waals surface area contributed by atoms with Crippen LogP contribution in [0, 0.1) is 0 Å². The number of hydrogen-bond acceptors (Lipinski definition) is 6. The lowest BCUT2D eigenvalue weighted by Gasteiger charge is -2.29. The van der Waals surface area contributed by atoms with E-state index in [1.165, 1.54) is 0 Å². The van der Waals surface area contributed by atoms with Gasteiger partial charge in [0.15, 0.2) is 11.9 Å². The molecule has 0 radical (unpaired) electrons. The zero-order valence-corrected chi connectivity index (χ0v) is 11.7. The lowest BCUT2D eigenvalue weighted by Crippen LogP contribution is -2.26. The molecule has 0 N–H and O–H groups in total. The van der Waals surface area contributed by atoms with E-state index in [2.05, 4.69) is 10.1 Å². The maximum absolute atomic E-state index is 5.85. The number of rotatable bonds is 3. The van der Waals surface area contributed by atoms with Crippen LogP contribution in [0.25, 0.3) is 11.6 Å². The summed E-state index contributed by atoms with van der Waals surface area (Å²) >= 11 is 0. The normalized spacial score (nSPS) is 21.8. The van der Waals surface area contributed by atoms with E-state index in [9.17, 15) is 0 Å². The van der Waals surface area contributed by atoms with Crippen molar-refractivity contribution >= 4 is 0 Å². The Morgan fingerprint density at radius 3 is 2.50 bits per heavy atom. The largest absolute Gasteiger partial charge is 0.461 e. The summed E-state index contributed by atoms with van der Waals surface area (Å²) in [5.41, 5.74) is 1.02. The highest BCUT2D eigenvalue weighted by molar-refractivity contribution is 5.44. The van der Waals surface area contributed by atoms with Gasteiger partial charge in [-0.1, -0.05) is 35.5 Å². The molecule has 2 atom stereocenters. The average molecular weight is 298 g/mol. The summed E-state index contributed by atoms with van der Waals surface area (Å²) in [7, 11) is 0. The van der Waals surface area contributed by atoms with Crippen LogP contribution in [-0.4, -0.2) is 23.4 Å². The summed E-state index contributed by atoms with van der Waals surface area (Å²) in [6.45, 7) is 1.03. The molecule has 0 saturated carbocycles. The molecule has 6 heteroatoms. The first kappa shape index (κ1) is 13.2. The van der Waals surface area contributed by atoms with E-state index < -0.39 is 6.10 Å². The summed E-state index contributed by atoms with van der Waals surface area (Å²) in [5.74, 6) is 1.35. The van der Waals surface area contributed by atoms with Crippen LogP contribution in [-0.2, 0) is 9.47 Å². The second-order valence-electron chi connectivity index (χ2n) is 4.93. The minimum Gasteiger partial charge on any atom is -0.461 e. The van der Waals surface area contributed by atoms with Crippen LogP contribution in [0.2, 0.25) is 0 Å². The summed E-state index contributed by atoms with van der Waals surface area (Å²) in [6, 6.07) is 13.4. The van der Waals surface area contributed by atoms with Crippen molar-refractivity contribution in [2.75, 3.05) is 13.2 Å². The monoisotopic (exact) mass is 298 g/mol. The molecule has 1 aliphatic heterocycles. The minimum atomic E-state index is -0.424. The van der Waals surface area contributed by atoms with Crippen molar-refractivity contribution in [3.63, 3.8) is 0 Å². The Labute approximate surface area is 126 Å². The molecule has 1 fully saturated rings. The molecule has 0 aliphatic carbocycles. The fourth-order valence-corrected chi connectivity index (χ4v) is 2.50. The zero-order valence-electron chi connectivity index (χ0n) is 11.7. The van der Waals surface area contributed by atoms with Crippen LogP contribution in [0.3, 0.4) is 0 Å². The van der Waals surface area contributed by atoms with Gasteiger partial charge >= 0.3 is 0 Å². The third-order valence-electron chi connectivity index (χ3n) is 3.51. The molecule has 3 aromatic rings. The fraction of sp³-hybridized carbons (Fsp3) is 0.250. The van der Waals surface area contributed by atoms with E-state index in [0.717, 1.165) is 5.56 Å². The van der Waals surface area contributed by atoms with Crippen LogP contribution in [0.5, 0.6) is 0 Å². The third-order valence-corrected chi connectivity index (χ3v) is 3.51. The predicted octanol–water partition coefficient (Wildman–Crippen LogP) is 3.16. The third kappa shape index (κ3) is 2.43. The Bertz CT molecular complexity index is 724. The highest BCUT2D eigenvalue weighted by Crippen LogP contribution is 2.37. The van der Waals surface area contributed by atoms with E-state index in [1.807, 2.05) is 30.3 Å². The molecule has 1 aromatic carbocycles. The Balaban J connectivity index is 1.65. The highest BCUT2D eigenvalue weighted by atomic mass is 16.6. The standard InChI is InChI=1S/C16H14N2O4/c1-2-5-11(6-3-1)13-14(21-10-9-20-13)16-17-15(18-22-16)12-7-4-8-19-12/h1-8,13-14H,9-10H2/t13-,14-/m1/s1. The summed E-state index contributed by atoms with van der Waals surface area (Å²) < 4.78 is 22.3. The number of hydrogen-bond donors (Lipinski definition) is 0. The van der Waals surface area contributed by atoms with Crippen LogP contribution in [0.4, 0.5) is 0 Å². The van der Waals surface area contributed by atoms with Gasteiger partial charge in [-0.05, 0) is 17.7 Å². The van der Waals surface area contributed by atoms with Crippen LogP contribution < -0.4 is 0 Å².